The number of nitrogens with one attached hydrogen (secondary N) is 1. The van der Waals surface area contributed by atoms with E-state index in [2.05, 4.69) is 9.97 Å². The number of nitrogens with zero attached hydrogens (tertiary/aromatic N) is 1. The minimum absolute atomic E-state index is 0.181. The molecule has 0 aliphatic heterocycles. The summed E-state index contributed by atoms with van der Waals surface area (Å²) in [4.78, 5) is 7.28. The molecule has 1 aliphatic rings. The number of imidazole rings is 1. The first kappa shape index (κ1) is 12.3. The molecule has 0 atom stereocenters. The van der Waals surface area contributed by atoms with Gasteiger partial charge in [-0.15, -0.1) is 0 Å². The molecule has 1 fully saturated rings. The van der Waals surface area contributed by atoms with Crippen molar-refractivity contribution in [3.63, 3.8) is 0 Å². The number of aromatic nitrogens is 2. The fraction of sp³-hybridized carbons (Fsp3) is 0.357. The molecule has 100 valence electrons. The van der Waals surface area contributed by atoms with E-state index >= 15 is 0 Å². The lowest BCUT2D eigenvalue weighted by atomic mass is 9.99. The molecule has 0 spiro atoms. The maximum absolute atomic E-state index is 13.7. The first-order valence-electron chi connectivity index (χ1n) is 6.39. The Hall–Kier alpha value is -1.75. The average Bonchev–Trinajstić information content (AvgIpc) is 3.02. The van der Waals surface area contributed by atoms with E-state index in [1.807, 2.05) is 0 Å². The van der Waals surface area contributed by atoms with Gasteiger partial charge in [0.05, 0.1) is 17.4 Å². The summed E-state index contributed by atoms with van der Waals surface area (Å²) in [6, 6.07) is 4.09. The topological polar surface area (TPSA) is 54.7 Å². The van der Waals surface area contributed by atoms with Gasteiger partial charge in [0, 0.05) is 5.56 Å². The van der Waals surface area contributed by atoms with Crippen LogP contribution in [0.1, 0.15) is 31.5 Å². The highest BCUT2D eigenvalue weighted by Crippen LogP contribution is 2.35. The molecule has 3 nitrogen and oxygen atoms in total. The normalized spacial score (nSPS) is 17.8. The Balaban J connectivity index is 1.99. The van der Waals surface area contributed by atoms with Crippen LogP contribution in [0.25, 0.3) is 11.3 Å². The minimum atomic E-state index is -0.866. The van der Waals surface area contributed by atoms with Gasteiger partial charge in [-0.2, -0.15) is 0 Å². The number of nitrogens with two attached hydrogens (primary N) is 1. The second kappa shape index (κ2) is 4.42. The van der Waals surface area contributed by atoms with Gasteiger partial charge in [0.15, 0.2) is 11.6 Å². The predicted molar refractivity (Wildman–Crippen MR) is 68.3 cm³/mol. The zero-order valence-electron chi connectivity index (χ0n) is 10.4. The Morgan fingerprint density at radius 1 is 1.21 bits per heavy atom. The smallest absolute Gasteiger partial charge is 0.168 e. The second-order valence-electron chi connectivity index (χ2n) is 5.11. The fourth-order valence-electron chi connectivity index (χ4n) is 2.67. The zero-order valence-corrected chi connectivity index (χ0v) is 10.4. The Morgan fingerprint density at radius 2 is 1.95 bits per heavy atom. The molecule has 0 radical (unpaired) electrons. The van der Waals surface area contributed by atoms with E-state index in [1.165, 1.54) is 18.3 Å². The molecular formula is C14H15F2N3. The van der Waals surface area contributed by atoms with Gasteiger partial charge in [-0.25, -0.2) is 13.8 Å². The quantitative estimate of drug-likeness (QED) is 0.874. The monoisotopic (exact) mass is 263 g/mol. The van der Waals surface area contributed by atoms with E-state index in [9.17, 15) is 8.78 Å². The number of rotatable bonds is 2. The summed E-state index contributed by atoms with van der Waals surface area (Å²) in [6.07, 6.45) is 5.39. The van der Waals surface area contributed by atoms with Crippen LogP contribution in [0, 0.1) is 11.6 Å². The number of aromatic amines is 1. The van der Waals surface area contributed by atoms with Crippen LogP contribution < -0.4 is 5.73 Å². The summed E-state index contributed by atoms with van der Waals surface area (Å²) in [7, 11) is 0. The van der Waals surface area contributed by atoms with Crippen molar-refractivity contribution >= 4 is 0 Å². The highest BCUT2D eigenvalue weighted by molar-refractivity contribution is 5.59. The summed E-state index contributed by atoms with van der Waals surface area (Å²) in [5.74, 6) is -1.07. The predicted octanol–water partition coefficient (Wildman–Crippen LogP) is 3.08. The lowest BCUT2D eigenvalue weighted by Gasteiger charge is -2.20. The maximum atomic E-state index is 13.7. The molecule has 2 aromatic rings. The summed E-state index contributed by atoms with van der Waals surface area (Å²) in [5, 5.41) is 0. The molecule has 1 aromatic heterocycles. The van der Waals surface area contributed by atoms with Gasteiger partial charge in [-0.05, 0) is 25.0 Å². The van der Waals surface area contributed by atoms with Gasteiger partial charge in [0.2, 0.25) is 0 Å². The van der Waals surface area contributed by atoms with Gasteiger partial charge < -0.3 is 10.7 Å². The molecule has 19 heavy (non-hydrogen) atoms. The molecular weight excluding hydrogens is 248 g/mol. The molecule has 0 unspecified atom stereocenters. The van der Waals surface area contributed by atoms with Crippen LogP contribution >= 0.6 is 0 Å². The Morgan fingerprint density at radius 3 is 2.68 bits per heavy atom. The molecule has 1 aliphatic carbocycles. The van der Waals surface area contributed by atoms with Crippen molar-refractivity contribution in [3.8, 4) is 11.3 Å². The second-order valence-corrected chi connectivity index (χ2v) is 5.11. The van der Waals surface area contributed by atoms with E-state index in [0.717, 1.165) is 31.7 Å². The number of benzene rings is 1. The van der Waals surface area contributed by atoms with Crippen LogP contribution in [0.3, 0.4) is 0 Å². The lowest BCUT2D eigenvalue weighted by Crippen LogP contribution is -2.34. The van der Waals surface area contributed by atoms with Gasteiger partial charge in [0.25, 0.3) is 0 Å². The van der Waals surface area contributed by atoms with Crippen molar-refractivity contribution in [2.45, 2.75) is 31.2 Å². The van der Waals surface area contributed by atoms with E-state index in [4.69, 9.17) is 5.73 Å². The fourth-order valence-corrected chi connectivity index (χ4v) is 2.67. The zero-order chi connectivity index (χ0) is 13.5. The van der Waals surface area contributed by atoms with Crippen LogP contribution in [0.15, 0.2) is 24.4 Å². The molecule has 3 N–H and O–H groups in total. The lowest BCUT2D eigenvalue weighted by molar-refractivity contribution is 0.436. The van der Waals surface area contributed by atoms with Crippen molar-refractivity contribution in [2.75, 3.05) is 0 Å². The minimum Gasteiger partial charge on any atom is -0.340 e. The average molecular weight is 263 g/mol. The summed E-state index contributed by atoms with van der Waals surface area (Å²) >= 11 is 0. The van der Waals surface area contributed by atoms with Crippen molar-refractivity contribution < 1.29 is 8.78 Å². The van der Waals surface area contributed by atoms with Crippen LogP contribution in [0.5, 0.6) is 0 Å². The Kier molecular flexibility index (Phi) is 2.86. The maximum Gasteiger partial charge on any atom is 0.168 e. The third-order valence-corrected chi connectivity index (χ3v) is 3.78. The van der Waals surface area contributed by atoms with E-state index in [1.54, 1.807) is 0 Å². The molecule has 5 heteroatoms. The molecule has 0 amide bonds. The van der Waals surface area contributed by atoms with Gasteiger partial charge in [-0.1, -0.05) is 18.9 Å². The van der Waals surface area contributed by atoms with Crippen molar-refractivity contribution in [2.24, 2.45) is 5.73 Å². The van der Waals surface area contributed by atoms with Crippen molar-refractivity contribution in [1.82, 2.24) is 9.97 Å². The highest BCUT2D eigenvalue weighted by Gasteiger charge is 2.34. The molecule has 1 aromatic carbocycles. The Labute approximate surface area is 109 Å². The molecule has 0 saturated heterocycles. The first-order valence-corrected chi connectivity index (χ1v) is 6.39. The van der Waals surface area contributed by atoms with E-state index in [0.29, 0.717) is 11.5 Å². The summed E-state index contributed by atoms with van der Waals surface area (Å²) in [6.45, 7) is 0. The number of H-pyrrole nitrogens is 1. The molecule has 1 saturated carbocycles. The largest absolute Gasteiger partial charge is 0.340 e. The summed E-state index contributed by atoms with van der Waals surface area (Å²) in [5.41, 5.74) is 6.46. The van der Waals surface area contributed by atoms with Crippen LogP contribution in [-0.4, -0.2) is 9.97 Å². The first-order chi connectivity index (χ1) is 9.10. The SMILES string of the molecule is NC1(c2ncc(-c3cccc(F)c3F)[nH]2)CCCC1. The van der Waals surface area contributed by atoms with Crippen LogP contribution in [0.2, 0.25) is 0 Å². The molecule has 1 heterocycles. The summed E-state index contributed by atoms with van der Waals surface area (Å²) < 4.78 is 26.9. The molecule has 0 bridgehead atoms. The van der Waals surface area contributed by atoms with E-state index < -0.39 is 17.2 Å². The molecule has 3 rings (SSSR count). The van der Waals surface area contributed by atoms with Crippen molar-refractivity contribution in [1.29, 1.82) is 0 Å². The van der Waals surface area contributed by atoms with Crippen LogP contribution in [0.4, 0.5) is 8.78 Å². The van der Waals surface area contributed by atoms with Crippen molar-refractivity contribution in [3.05, 3.63) is 41.9 Å². The third kappa shape index (κ3) is 2.04. The Bertz CT molecular complexity index is 600. The van der Waals surface area contributed by atoms with Gasteiger partial charge in [0.1, 0.15) is 5.82 Å². The third-order valence-electron chi connectivity index (χ3n) is 3.78. The van der Waals surface area contributed by atoms with Gasteiger partial charge in [-0.3, -0.25) is 0 Å². The van der Waals surface area contributed by atoms with Crippen LogP contribution in [-0.2, 0) is 5.54 Å². The highest BCUT2D eigenvalue weighted by atomic mass is 19.2. The standard InChI is InChI=1S/C14H15F2N3/c15-10-5-3-4-9(12(10)16)11-8-18-13(19-11)14(17)6-1-2-7-14/h3-5,8H,1-2,6-7,17H2,(H,18,19). The number of halogens is 2. The number of hydrogen-bond donors (Lipinski definition) is 2. The van der Waals surface area contributed by atoms with E-state index in [-0.39, 0.29) is 5.56 Å². The van der Waals surface area contributed by atoms with Gasteiger partial charge >= 0.3 is 0 Å². The number of hydrogen-bond acceptors (Lipinski definition) is 2.